The van der Waals surface area contributed by atoms with Gasteiger partial charge in [0.2, 0.25) is 10.0 Å². The lowest BCUT2D eigenvalue weighted by atomic mass is 10.3. The van der Waals surface area contributed by atoms with Crippen LogP contribution in [0.1, 0.15) is 6.92 Å². The Bertz CT molecular complexity index is 420. The van der Waals surface area contributed by atoms with Crippen LogP contribution in [0.15, 0.2) is 30.3 Å². The Labute approximate surface area is 102 Å². The average Bonchev–Trinajstić information content (AvgIpc) is 2.35. The molecule has 1 atom stereocenters. The van der Waals surface area contributed by atoms with Crippen LogP contribution in [-0.2, 0) is 10.0 Å². The van der Waals surface area contributed by atoms with Crippen LogP contribution in [0.4, 0.5) is 0 Å². The first-order valence-corrected chi connectivity index (χ1v) is 6.97. The van der Waals surface area contributed by atoms with Gasteiger partial charge in [-0.1, -0.05) is 18.2 Å². The third-order valence-electron chi connectivity index (χ3n) is 2.28. The van der Waals surface area contributed by atoms with E-state index >= 15 is 0 Å². The van der Waals surface area contributed by atoms with Gasteiger partial charge in [-0.05, 0) is 19.1 Å². The van der Waals surface area contributed by atoms with Crippen molar-refractivity contribution in [2.45, 2.75) is 12.2 Å². The quantitative estimate of drug-likeness (QED) is 0.691. The fourth-order valence-electron chi connectivity index (χ4n) is 1.14. The summed E-state index contributed by atoms with van der Waals surface area (Å²) in [7, 11) is -3.32. The van der Waals surface area contributed by atoms with E-state index in [0.717, 1.165) is 5.75 Å². The first-order chi connectivity index (χ1) is 8.06. The van der Waals surface area contributed by atoms with Crippen LogP contribution in [0.3, 0.4) is 0 Å². The van der Waals surface area contributed by atoms with Gasteiger partial charge in [-0.2, -0.15) is 0 Å². The second kappa shape index (κ2) is 6.58. The van der Waals surface area contributed by atoms with Crippen molar-refractivity contribution < 1.29 is 13.2 Å². The molecule has 0 spiro atoms. The summed E-state index contributed by atoms with van der Waals surface area (Å²) in [4.78, 5) is 0. The van der Waals surface area contributed by atoms with E-state index in [1.807, 2.05) is 30.3 Å². The fraction of sp³-hybridized carbons (Fsp3) is 0.455. The summed E-state index contributed by atoms with van der Waals surface area (Å²) in [5.74, 6) is 0.721. The molecular formula is C11H18N2O3S. The van der Waals surface area contributed by atoms with Crippen LogP contribution >= 0.6 is 0 Å². The molecule has 0 fully saturated rings. The molecule has 0 radical (unpaired) electrons. The topological polar surface area (TPSA) is 81.4 Å². The van der Waals surface area contributed by atoms with Crippen LogP contribution in [0.25, 0.3) is 0 Å². The van der Waals surface area contributed by atoms with Gasteiger partial charge in [-0.15, -0.1) is 0 Å². The summed E-state index contributed by atoms with van der Waals surface area (Å²) >= 11 is 0. The Morgan fingerprint density at radius 3 is 2.59 bits per heavy atom. The zero-order chi connectivity index (χ0) is 12.7. The van der Waals surface area contributed by atoms with Gasteiger partial charge in [-0.3, -0.25) is 0 Å². The second-order valence-corrected chi connectivity index (χ2v) is 5.83. The molecule has 0 aliphatic rings. The number of para-hydroxylation sites is 1. The van der Waals surface area contributed by atoms with Crippen molar-refractivity contribution in [2.75, 3.05) is 19.7 Å². The minimum absolute atomic E-state index is 0.106. The van der Waals surface area contributed by atoms with E-state index in [-0.39, 0.29) is 13.1 Å². The molecule has 0 bridgehead atoms. The monoisotopic (exact) mass is 258 g/mol. The molecule has 1 unspecified atom stereocenters. The summed E-state index contributed by atoms with van der Waals surface area (Å²) < 4.78 is 30.9. The Hall–Kier alpha value is -1.11. The number of rotatable bonds is 7. The molecule has 3 N–H and O–H groups in total. The van der Waals surface area contributed by atoms with E-state index in [4.69, 9.17) is 10.5 Å². The first kappa shape index (κ1) is 14.0. The Kier molecular flexibility index (Phi) is 5.40. The molecule has 0 aromatic heterocycles. The number of sulfonamides is 1. The molecule has 5 nitrogen and oxygen atoms in total. The highest BCUT2D eigenvalue weighted by molar-refractivity contribution is 7.90. The van der Waals surface area contributed by atoms with Gasteiger partial charge in [0.05, 0.1) is 5.25 Å². The molecule has 0 aliphatic carbocycles. The SMILES string of the molecule is CC(CN)S(=O)(=O)NCCOc1ccccc1. The van der Waals surface area contributed by atoms with E-state index in [0.29, 0.717) is 6.61 Å². The Balaban J connectivity index is 2.30. The Morgan fingerprint density at radius 2 is 2.00 bits per heavy atom. The molecule has 96 valence electrons. The van der Waals surface area contributed by atoms with Crippen molar-refractivity contribution in [1.29, 1.82) is 0 Å². The van der Waals surface area contributed by atoms with E-state index in [1.165, 1.54) is 0 Å². The maximum absolute atomic E-state index is 11.5. The Morgan fingerprint density at radius 1 is 1.35 bits per heavy atom. The zero-order valence-corrected chi connectivity index (χ0v) is 10.6. The zero-order valence-electron chi connectivity index (χ0n) is 9.80. The maximum atomic E-state index is 11.5. The lowest BCUT2D eigenvalue weighted by Gasteiger charge is -2.12. The lowest BCUT2D eigenvalue weighted by Crippen LogP contribution is -2.38. The van der Waals surface area contributed by atoms with Crippen LogP contribution in [-0.4, -0.2) is 33.4 Å². The average molecular weight is 258 g/mol. The number of benzene rings is 1. The molecule has 6 heteroatoms. The molecule has 0 saturated heterocycles. The third kappa shape index (κ3) is 4.72. The van der Waals surface area contributed by atoms with E-state index in [2.05, 4.69) is 4.72 Å². The van der Waals surface area contributed by atoms with Gasteiger partial charge in [-0.25, -0.2) is 13.1 Å². The molecular weight excluding hydrogens is 240 g/mol. The smallest absolute Gasteiger partial charge is 0.215 e. The normalized spacial score (nSPS) is 13.3. The first-order valence-electron chi connectivity index (χ1n) is 5.42. The molecule has 1 rings (SSSR count). The number of hydrogen-bond acceptors (Lipinski definition) is 4. The standard InChI is InChI=1S/C11H18N2O3S/c1-10(9-12)17(14,15)13-7-8-16-11-5-3-2-4-6-11/h2-6,10,13H,7-9,12H2,1H3. The predicted molar refractivity (Wildman–Crippen MR) is 67.4 cm³/mol. The van der Waals surface area contributed by atoms with Crippen LogP contribution in [0.5, 0.6) is 5.75 Å². The molecule has 1 aromatic carbocycles. The van der Waals surface area contributed by atoms with Crippen molar-refractivity contribution in [2.24, 2.45) is 5.73 Å². The van der Waals surface area contributed by atoms with Crippen molar-refractivity contribution in [3.05, 3.63) is 30.3 Å². The van der Waals surface area contributed by atoms with E-state index < -0.39 is 15.3 Å². The van der Waals surface area contributed by atoms with Gasteiger partial charge < -0.3 is 10.5 Å². The van der Waals surface area contributed by atoms with Crippen LogP contribution < -0.4 is 15.2 Å². The molecule has 1 aromatic rings. The lowest BCUT2D eigenvalue weighted by molar-refractivity contribution is 0.322. The van der Waals surface area contributed by atoms with E-state index in [9.17, 15) is 8.42 Å². The second-order valence-electron chi connectivity index (χ2n) is 3.65. The highest BCUT2D eigenvalue weighted by Gasteiger charge is 2.17. The minimum Gasteiger partial charge on any atom is -0.492 e. The van der Waals surface area contributed by atoms with Gasteiger partial charge in [0.25, 0.3) is 0 Å². The van der Waals surface area contributed by atoms with Gasteiger partial charge in [0, 0.05) is 13.1 Å². The number of ether oxygens (including phenoxy) is 1. The summed E-state index contributed by atoms with van der Waals surface area (Å²) in [5.41, 5.74) is 5.30. The summed E-state index contributed by atoms with van der Waals surface area (Å²) in [5, 5.41) is -0.584. The maximum Gasteiger partial charge on any atom is 0.215 e. The molecule has 0 saturated carbocycles. The van der Waals surface area contributed by atoms with Crippen LogP contribution in [0.2, 0.25) is 0 Å². The molecule has 17 heavy (non-hydrogen) atoms. The highest BCUT2D eigenvalue weighted by atomic mass is 32.2. The third-order valence-corrected chi connectivity index (χ3v) is 4.14. The van der Waals surface area contributed by atoms with Crippen molar-refractivity contribution in [1.82, 2.24) is 4.72 Å². The summed E-state index contributed by atoms with van der Waals surface area (Å²) in [6.45, 7) is 2.21. The van der Waals surface area contributed by atoms with Crippen LogP contribution in [0, 0.1) is 0 Å². The van der Waals surface area contributed by atoms with E-state index in [1.54, 1.807) is 6.92 Å². The predicted octanol–water partition coefficient (Wildman–Crippen LogP) is 0.332. The number of nitrogens with two attached hydrogens (primary N) is 1. The van der Waals surface area contributed by atoms with Crippen molar-refractivity contribution in [3.63, 3.8) is 0 Å². The summed E-state index contributed by atoms with van der Waals surface area (Å²) in [6, 6.07) is 9.23. The largest absolute Gasteiger partial charge is 0.492 e. The summed E-state index contributed by atoms with van der Waals surface area (Å²) in [6.07, 6.45) is 0. The number of hydrogen-bond donors (Lipinski definition) is 2. The molecule has 0 heterocycles. The molecule has 0 aliphatic heterocycles. The van der Waals surface area contributed by atoms with Gasteiger partial charge >= 0.3 is 0 Å². The number of nitrogens with one attached hydrogen (secondary N) is 1. The fourth-order valence-corrected chi connectivity index (χ4v) is 2.04. The van der Waals surface area contributed by atoms with Gasteiger partial charge in [0.15, 0.2) is 0 Å². The highest BCUT2D eigenvalue weighted by Crippen LogP contribution is 2.07. The van der Waals surface area contributed by atoms with Crippen molar-refractivity contribution >= 4 is 10.0 Å². The molecule has 0 amide bonds. The minimum atomic E-state index is -3.32. The van der Waals surface area contributed by atoms with Crippen molar-refractivity contribution in [3.8, 4) is 5.75 Å². The van der Waals surface area contributed by atoms with Gasteiger partial charge in [0.1, 0.15) is 12.4 Å².